The molecular weight excluding hydrogens is 296 g/mol. The predicted octanol–water partition coefficient (Wildman–Crippen LogP) is 3.75. The Balaban J connectivity index is 0.00000176. The van der Waals surface area contributed by atoms with Crippen molar-refractivity contribution in [3.8, 4) is 0 Å². The summed E-state index contributed by atoms with van der Waals surface area (Å²) in [6.45, 7) is 0. The third-order valence-corrected chi connectivity index (χ3v) is 4.01. The van der Waals surface area contributed by atoms with Gasteiger partial charge in [-0.25, -0.2) is 0 Å². The van der Waals surface area contributed by atoms with E-state index in [0.717, 1.165) is 12.0 Å². The molecular formula is C18H21ClN2O. The molecule has 22 heavy (non-hydrogen) atoms. The second kappa shape index (κ2) is 7.32. The number of amides is 1. The fourth-order valence-corrected chi connectivity index (χ4v) is 2.89. The molecule has 0 unspecified atom stereocenters. The monoisotopic (exact) mass is 316 g/mol. The number of nitrogens with two attached hydrogens (primary N) is 1. The second-order valence-corrected chi connectivity index (χ2v) is 5.62. The summed E-state index contributed by atoms with van der Waals surface area (Å²) in [4.78, 5) is 12.1. The van der Waals surface area contributed by atoms with Crippen molar-refractivity contribution in [2.75, 3.05) is 11.1 Å². The number of halogens is 1. The highest BCUT2D eigenvalue weighted by Gasteiger charge is 2.11. The lowest BCUT2D eigenvalue weighted by Gasteiger charge is -2.16. The first kappa shape index (κ1) is 16.4. The van der Waals surface area contributed by atoms with Crippen LogP contribution in [0, 0.1) is 0 Å². The zero-order valence-electron chi connectivity index (χ0n) is 12.5. The van der Waals surface area contributed by atoms with Gasteiger partial charge in [0.15, 0.2) is 0 Å². The van der Waals surface area contributed by atoms with Gasteiger partial charge in [-0.1, -0.05) is 30.3 Å². The fraction of sp³-hybridized carbons (Fsp3) is 0.278. The van der Waals surface area contributed by atoms with Crippen LogP contribution in [0.1, 0.15) is 29.5 Å². The maximum atomic E-state index is 12.1. The quantitative estimate of drug-likeness (QED) is 0.847. The molecule has 0 aliphatic heterocycles. The van der Waals surface area contributed by atoms with E-state index in [1.807, 2.05) is 18.2 Å². The molecule has 3 N–H and O–H groups in total. The number of aryl methyl sites for hydroxylation is 2. The number of benzene rings is 2. The average molecular weight is 317 g/mol. The molecule has 1 amide bonds. The number of hydrogen-bond acceptors (Lipinski definition) is 2. The SMILES string of the molecule is Cl.Nc1ccccc1NC(=O)Cc1ccc2c(c1)CCCC2. The molecule has 0 atom stereocenters. The van der Waals surface area contributed by atoms with Gasteiger partial charge in [0.2, 0.25) is 5.91 Å². The molecule has 0 bridgehead atoms. The molecule has 0 spiro atoms. The van der Waals surface area contributed by atoms with Crippen molar-refractivity contribution in [3.63, 3.8) is 0 Å². The molecule has 4 heteroatoms. The molecule has 0 aromatic heterocycles. The van der Waals surface area contributed by atoms with Crippen molar-refractivity contribution in [2.45, 2.75) is 32.1 Å². The van der Waals surface area contributed by atoms with Gasteiger partial charge >= 0.3 is 0 Å². The van der Waals surface area contributed by atoms with Crippen molar-refractivity contribution in [2.24, 2.45) is 0 Å². The highest BCUT2D eigenvalue weighted by molar-refractivity contribution is 5.95. The number of nitrogens with one attached hydrogen (secondary N) is 1. The van der Waals surface area contributed by atoms with Crippen LogP contribution >= 0.6 is 12.4 Å². The largest absolute Gasteiger partial charge is 0.397 e. The maximum Gasteiger partial charge on any atom is 0.228 e. The summed E-state index contributed by atoms with van der Waals surface area (Å²) in [5.74, 6) is -0.0244. The van der Waals surface area contributed by atoms with Gasteiger partial charge in [-0.15, -0.1) is 12.4 Å². The van der Waals surface area contributed by atoms with Crippen LogP contribution in [0.15, 0.2) is 42.5 Å². The number of carbonyl (C=O) groups excluding carboxylic acids is 1. The van der Waals surface area contributed by atoms with Crippen molar-refractivity contribution >= 4 is 29.7 Å². The van der Waals surface area contributed by atoms with E-state index in [0.29, 0.717) is 17.8 Å². The summed E-state index contributed by atoms with van der Waals surface area (Å²) in [6.07, 6.45) is 5.23. The van der Waals surface area contributed by atoms with Gasteiger partial charge in [0.25, 0.3) is 0 Å². The summed E-state index contributed by atoms with van der Waals surface area (Å²) >= 11 is 0. The molecule has 3 rings (SSSR count). The second-order valence-electron chi connectivity index (χ2n) is 5.62. The Hall–Kier alpha value is -2.00. The van der Waals surface area contributed by atoms with E-state index < -0.39 is 0 Å². The molecule has 1 aliphatic carbocycles. The topological polar surface area (TPSA) is 55.1 Å². The van der Waals surface area contributed by atoms with Gasteiger partial charge in [-0.05, 0) is 54.5 Å². The Morgan fingerprint density at radius 1 is 1.05 bits per heavy atom. The Labute approximate surface area is 137 Å². The number of anilines is 2. The van der Waals surface area contributed by atoms with Crippen LogP contribution in [0.5, 0.6) is 0 Å². The Morgan fingerprint density at radius 2 is 1.77 bits per heavy atom. The molecule has 0 radical (unpaired) electrons. The number of rotatable bonds is 3. The first-order chi connectivity index (χ1) is 10.2. The molecule has 0 fully saturated rings. The van der Waals surface area contributed by atoms with Crippen LogP contribution in [0.4, 0.5) is 11.4 Å². The lowest BCUT2D eigenvalue weighted by molar-refractivity contribution is -0.115. The van der Waals surface area contributed by atoms with Gasteiger partial charge in [-0.2, -0.15) is 0 Å². The minimum absolute atomic E-state index is 0. The van der Waals surface area contributed by atoms with Gasteiger partial charge in [0, 0.05) is 0 Å². The molecule has 0 saturated carbocycles. The Morgan fingerprint density at radius 3 is 2.55 bits per heavy atom. The van der Waals surface area contributed by atoms with E-state index in [1.54, 1.807) is 6.07 Å². The van der Waals surface area contributed by atoms with Crippen molar-refractivity contribution in [3.05, 3.63) is 59.2 Å². The van der Waals surface area contributed by atoms with Crippen molar-refractivity contribution in [1.29, 1.82) is 0 Å². The highest BCUT2D eigenvalue weighted by Crippen LogP contribution is 2.23. The first-order valence-electron chi connectivity index (χ1n) is 7.47. The zero-order valence-corrected chi connectivity index (χ0v) is 13.3. The van der Waals surface area contributed by atoms with E-state index in [4.69, 9.17) is 5.73 Å². The molecule has 3 nitrogen and oxygen atoms in total. The summed E-state index contributed by atoms with van der Waals surface area (Å²) < 4.78 is 0. The van der Waals surface area contributed by atoms with E-state index in [2.05, 4.69) is 23.5 Å². The van der Waals surface area contributed by atoms with Crippen LogP contribution in [0.25, 0.3) is 0 Å². The van der Waals surface area contributed by atoms with Crippen LogP contribution in [-0.2, 0) is 24.1 Å². The third-order valence-electron chi connectivity index (χ3n) is 4.01. The minimum Gasteiger partial charge on any atom is -0.397 e. The summed E-state index contributed by atoms with van der Waals surface area (Å²) in [5.41, 5.74) is 11.0. The maximum absolute atomic E-state index is 12.1. The standard InChI is InChI=1S/C18H20N2O.ClH/c19-16-7-3-4-8-17(16)20-18(21)12-13-9-10-14-5-1-2-6-15(14)11-13;/h3-4,7-11H,1-2,5-6,12,19H2,(H,20,21);1H. The van der Waals surface area contributed by atoms with Crippen LogP contribution in [0.2, 0.25) is 0 Å². The number of nitrogen functional groups attached to an aromatic ring is 1. The normalized spacial score (nSPS) is 12.9. The molecule has 2 aromatic carbocycles. The van der Waals surface area contributed by atoms with E-state index in [9.17, 15) is 4.79 Å². The molecule has 1 aliphatic rings. The molecule has 116 valence electrons. The van der Waals surface area contributed by atoms with Gasteiger partial charge in [-0.3, -0.25) is 4.79 Å². The molecule has 2 aromatic rings. The van der Waals surface area contributed by atoms with Crippen molar-refractivity contribution in [1.82, 2.24) is 0 Å². The smallest absolute Gasteiger partial charge is 0.228 e. The lowest BCUT2D eigenvalue weighted by atomic mass is 9.90. The van der Waals surface area contributed by atoms with Crippen LogP contribution in [0.3, 0.4) is 0 Å². The number of hydrogen-bond donors (Lipinski definition) is 2. The Kier molecular flexibility index (Phi) is 5.45. The van der Waals surface area contributed by atoms with Crippen LogP contribution < -0.4 is 11.1 Å². The van der Waals surface area contributed by atoms with E-state index in [-0.39, 0.29) is 18.3 Å². The zero-order chi connectivity index (χ0) is 14.7. The number of carbonyl (C=O) groups is 1. The first-order valence-corrected chi connectivity index (χ1v) is 7.47. The highest BCUT2D eigenvalue weighted by atomic mass is 35.5. The number of fused-ring (bicyclic) bond motifs is 1. The fourth-order valence-electron chi connectivity index (χ4n) is 2.89. The van der Waals surface area contributed by atoms with Crippen molar-refractivity contribution < 1.29 is 4.79 Å². The Bertz CT molecular complexity index is 670. The lowest BCUT2D eigenvalue weighted by Crippen LogP contribution is -2.16. The molecule has 0 heterocycles. The summed E-state index contributed by atoms with van der Waals surface area (Å²) in [5, 5.41) is 2.87. The van der Waals surface area contributed by atoms with Gasteiger partial charge < -0.3 is 11.1 Å². The van der Waals surface area contributed by atoms with Gasteiger partial charge in [0.1, 0.15) is 0 Å². The number of para-hydroxylation sites is 2. The molecule has 0 saturated heterocycles. The summed E-state index contributed by atoms with van der Waals surface area (Å²) in [7, 11) is 0. The van der Waals surface area contributed by atoms with Gasteiger partial charge in [0.05, 0.1) is 17.8 Å². The van der Waals surface area contributed by atoms with E-state index in [1.165, 1.54) is 30.4 Å². The predicted molar refractivity (Wildman–Crippen MR) is 93.5 cm³/mol. The summed E-state index contributed by atoms with van der Waals surface area (Å²) in [6, 6.07) is 13.8. The van der Waals surface area contributed by atoms with E-state index >= 15 is 0 Å². The average Bonchev–Trinajstić information content (AvgIpc) is 2.49. The van der Waals surface area contributed by atoms with Crippen LogP contribution in [-0.4, -0.2) is 5.91 Å². The third kappa shape index (κ3) is 3.80. The minimum atomic E-state index is -0.0244.